The maximum atomic E-state index is 13.3. The number of ether oxygens (including phenoxy) is 3. The molecule has 1 heterocycles. The molecule has 3 aromatic carbocycles. The van der Waals surface area contributed by atoms with Gasteiger partial charge in [0.1, 0.15) is 0 Å². The van der Waals surface area contributed by atoms with E-state index in [-0.39, 0.29) is 5.97 Å². The summed E-state index contributed by atoms with van der Waals surface area (Å²) < 4.78 is 16.6. The molecule has 34 heavy (non-hydrogen) atoms. The van der Waals surface area contributed by atoms with Crippen LogP contribution in [0.3, 0.4) is 0 Å². The van der Waals surface area contributed by atoms with Crippen molar-refractivity contribution in [3.05, 3.63) is 53.6 Å². The fraction of sp³-hybridized carbons (Fsp3) is 0.321. The highest BCUT2D eigenvalue weighted by atomic mass is 16.5. The molecule has 0 radical (unpaired) electrons. The van der Waals surface area contributed by atoms with Crippen LogP contribution in [0.1, 0.15) is 42.6 Å². The summed E-state index contributed by atoms with van der Waals surface area (Å²) in [6.45, 7) is 7.11. The van der Waals surface area contributed by atoms with Crippen molar-refractivity contribution in [2.45, 2.75) is 33.6 Å². The Morgan fingerprint density at radius 3 is 2.35 bits per heavy atom. The number of benzene rings is 3. The second kappa shape index (κ2) is 10.1. The normalized spacial score (nSPS) is 11.1. The summed E-state index contributed by atoms with van der Waals surface area (Å²) in [5.41, 5.74) is 6.30. The number of H-pyrrole nitrogens is 1. The second-order valence-corrected chi connectivity index (χ2v) is 8.34. The number of carbonyl (C=O) groups excluding carboxylic acids is 1. The Labute approximate surface area is 200 Å². The summed E-state index contributed by atoms with van der Waals surface area (Å²) >= 11 is 0. The standard InChI is InChI=1S/C28H32N2O4/c1-6-8-13-29-22-14-19(18-11-9-17(3)10-12-18)27-25(26(22)28(31)34-7-2)20-15-23(32-4)24(33-5)16-21(20)30-27/h9-12,14-16,29-30H,6-8,13H2,1-5H3. The van der Waals surface area contributed by atoms with Gasteiger partial charge >= 0.3 is 5.97 Å². The predicted octanol–water partition coefficient (Wildman–Crippen LogP) is 6.70. The number of hydrogen-bond acceptors (Lipinski definition) is 5. The highest BCUT2D eigenvalue weighted by Gasteiger charge is 2.24. The lowest BCUT2D eigenvalue weighted by molar-refractivity contribution is 0.0530. The van der Waals surface area contributed by atoms with Gasteiger partial charge in [-0.25, -0.2) is 4.79 Å². The molecule has 0 bridgehead atoms. The summed E-state index contributed by atoms with van der Waals surface area (Å²) in [7, 11) is 3.23. The van der Waals surface area contributed by atoms with E-state index >= 15 is 0 Å². The number of aryl methyl sites for hydroxylation is 1. The quantitative estimate of drug-likeness (QED) is 0.215. The van der Waals surface area contributed by atoms with E-state index in [1.165, 1.54) is 5.56 Å². The molecule has 0 aliphatic rings. The Morgan fingerprint density at radius 1 is 1.00 bits per heavy atom. The van der Waals surface area contributed by atoms with Gasteiger partial charge in [-0.05, 0) is 38.0 Å². The third-order valence-corrected chi connectivity index (χ3v) is 6.07. The first kappa shape index (κ1) is 23.5. The Balaban J connectivity index is 2.11. The van der Waals surface area contributed by atoms with E-state index in [0.717, 1.165) is 58.0 Å². The van der Waals surface area contributed by atoms with E-state index < -0.39 is 0 Å². The Bertz CT molecular complexity index is 1320. The maximum Gasteiger partial charge on any atom is 0.340 e. The summed E-state index contributed by atoms with van der Waals surface area (Å²) in [6.07, 6.45) is 2.05. The van der Waals surface area contributed by atoms with Crippen LogP contribution in [0.15, 0.2) is 42.5 Å². The van der Waals surface area contributed by atoms with Gasteiger partial charge < -0.3 is 24.5 Å². The Kier molecular flexibility index (Phi) is 6.96. The lowest BCUT2D eigenvalue weighted by Gasteiger charge is -2.16. The number of esters is 1. The molecule has 178 valence electrons. The molecular weight excluding hydrogens is 428 g/mol. The SMILES string of the molecule is CCCCNc1cc(-c2ccc(C)cc2)c2[nH]c3cc(OC)c(OC)cc3c2c1C(=O)OCC. The molecular formula is C28H32N2O4. The van der Waals surface area contributed by atoms with Crippen molar-refractivity contribution in [3.63, 3.8) is 0 Å². The third-order valence-electron chi connectivity index (χ3n) is 6.07. The first-order valence-corrected chi connectivity index (χ1v) is 11.7. The predicted molar refractivity (Wildman–Crippen MR) is 138 cm³/mol. The molecule has 0 amide bonds. The van der Waals surface area contributed by atoms with Gasteiger partial charge in [0.2, 0.25) is 0 Å². The van der Waals surface area contributed by atoms with Gasteiger partial charge in [-0.1, -0.05) is 43.2 Å². The van der Waals surface area contributed by atoms with Gasteiger partial charge in [0.05, 0.1) is 43.1 Å². The van der Waals surface area contributed by atoms with E-state index in [2.05, 4.69) is 54.5 Å². The summed E-state index contributed by atoms with van der Waals surface area (Å²) in [6, 6.07) is 14.3. The highest BCUT2D eigenvalue weighted by molar-refractivity contribution is 6.23. The Morgan fingerprint density at radius 2 is 1.71 bits per heavy atom. The highest BCUT2D eigenvalue weighted by Crippen LogP contribution is 2.43. The first-order chi connectivity index (χ1) is 16.5. The number of aromatic amines is 1. The minimum Gasteiger partial charge on any atom is -0.493 e. The molecule has 0 saturated heterocycles. The monoisotopic (exact) mass is 460 g/mol. The maximum absolute atomic E-state index is 13.3. The van der Waals surface area contributed by atoms with Crippen molar-refractivity contribution in [3.8, 4) is 22.6 Å². The van der Waals surface area contributed by atoms with E-state index in [4.69, 9.17) is 14.2 Å². The number of unbranched alkanes of at least 4 members (excludes halogenated alkanes) is 1. The molecule has 0 aliphatic heterocycles. The average Bonchev–Trinajstić information content (AvgIpc) is 3.21. The van der Waals surface area contributed by atoms with Crippen LogP contribution in [-0.4, -0.2) is 38.3 Å². The molecule has 0 saturated carbocycles. The van der Waals surface area contributed by atoms with Gasteiger partial charge in [0, 0.05) is 28.9 Å². The number of rotatable bonds is 9. The summed E-state index contributed by atoms with van der Waals surface area (Å²) in [5.74, 6) is 0.877. The van der Waals surface area contributed by atoms with Gasteiger partial charge in [0.25, 0.3) is 0 Å². The molecule has 4 aromatic rings. The van der Waals surface area contributed by atoms with Crippen LogP contribution >= 0.6 is 0 Å². The molecule has 0 atom stereocenters. The number of anilines is 1. The largest absolute Gasteiger partial charge is 0.493 e. The smallest absolute Gasteiger partial charge is 0.340 e. The van der Waals surface area contributed by atoms with Crippen molar-refractivity contribution >= 4 is 33.5 Å². The van der Waals surface area contributed by atoms with Crippen molar-refractivity contribution in [1.29, 1.82) is 0 Å². The zero-order valence-corrected chi connectivity index (χ0v) is 20.5. The zero-order valence-electron chi connectivity index (χ0n) is 20.5. The topological polar surface area (TPSA) is 72.6 Å². The summed E-state index contributed by atoms with van der Waals surface area (Å²) in [4.78, 5) is 16.8. The lowest BCUT2D eigenvalue weighted by Crippen LogP contribution is -2.12. The van der Waals surface area contributed by atoms with Crippen LogP contribution in [0.25, 0.3) is 32.9 Å². The molecule has 0 aliphatic carbocycles. The molecule has 2 N–H and O–H groups in total. The molecule has 6 nitrogen and oxygen atoms in total. The molecule has 0 fully saturated rings. The first-order valence-electron chi connectivity index (χ1n) is 11.7. The number of fused-ring (bicyclic) bond motifs is 3. The number of hydrogen-bond donors (Lipinski definition) is 2. The molecule has 1 aromatic heterocycles. The van der Waals surface area contributed by atoms with E-state index in [0.29, 0.717) is 23.7 Å². The van der Waals surface area contributed by atoms with Crippen molar-refractivity contribution in [2.24, 2.45) is 0 Å². The minimum absolute atomic E-state index is 0.300. The van der Waals surface area contributed by atoms with Crippen LogP contribution in [0.2, 0.25) is 0 Å². The number of aromatic nitrogens is 1. The van der Waals surface area contributed by atoms with Crippen molar-refractivity contribution in [2.75, 3.05) is 32.7 Å². The minimum atomic E-state index is -0.349. The van der Waals surface area contributed by atoms with Crippen LogP contribution < -0.4 is 14.8 Å². The molecule has 6 heteroatoms. The van der Waals surface area contributed by atoms with Crippen LogP contribution in [0, 0.1) is 6.92 Å². The molecule has 0 spiro atoms. The van der Waals surface area contributed by atoms with Crippen LogP contribution in [-0.2, 0) is 4.74 Å². The number of carbonyl (C=O) groups is 1. The molecule has 4 rings (SSSR count). The fourth-order valence-corrected chi connectivity index (χ4v) is 4.32. The zero-order chi connectivity index (χ0) is 24.2. The number of nitrogens with one attached hydrogen (secondary N) is 2. The van der Waals surface area contributed by atoms with Crippen LogP contribution in [0.4, 0.5) is 5.69 Å². The van der Waals surface area contributed by atoms with Gasteiger partial charge in [-0.2, -0.15) is 0 Å². The van der Waals surface area contributed by atoms with Gasteiger partial charge in [-0.15, -0.1) is 0 Å². The van der Waals surface area contributed by atoms with Gasteiger partial charge in [-0.3, -0.25) is 0 Å². The average molecular weight is 461 g/mol. The third kappa shape index (κ3) is 4.28. The lowest BCUT2D eigenvalue weighted by atomic mass is 9.95. The van der Waals surface area contributed by atoms with E-state index in [1.54, 1.807) is 14.2 Å². The van der Waals surface area contributed by atoms with Crippen molar-refractivity contribution in [1.82, 2.24) is 4.98 Å². The summed E-state index contributed by atoms with van der Waals surface area (Å²) in [5, 5.41) is 5.19. The van der Waals surface area contributed by atoms with E-state index in [9.17, 15) is 4.79 Å². The fourth-order valence-electron chi connectivity index (χ4n) is 4.32. The Hall–Kier alpha value is -3.67. The van der Waals surface area contributed by atoms with Crippen molar-refractivity contribution < 1.29 is 19.0 Å². The second-order valence-electron chi connectivity index (χ2n) is 8.34. The number of methoxy groups -OCH3 is 2. The van der Waals surface area contributed by atoms with E-state index in [1.807, 2.05) is 19.1 Å². The van der Waals surface area contributed by atoms with Crippen LogP contribution in [0.5, 0.6) is 11.5 Å². The van der Waals surface area contributed by atoms with Gasteiger partial charge in [0.15, 0.2) is 11.5 Å². The molecule has 0 unspecified atom stereocenters.